The van der Waals surface area contributed by atoms with Gasteiger partial charge in [-0.1, -0.05) is 6.07 Å². The van der Waals surface area contributed by atoms with Crippen LogP contribution in [0.3, 0.4) is 0 Å². The molecule has 27 heavy (non-hydrogen) atoms. The van der Waals surface area contributed by atoms with Gasteiger partial charge in [0.2, 0.25) is 0 Å². The molecule has 0 aliphatic carbocycles. The Balaban J connectivity index is 2.01. The Morgan fingerprint density at radius 1 is 1.15 bits per heavy atom. The number of aldehydes is 1. The molecule has 0 saturated heterocycles. The van der Waals surface area contributed by atoms with Gasteiger partial charge in [0.1, 0.15) is 12.1 Å². The number of hydrogen-bond acceptors (Lipinski definition) is 4. The van der Waals surface area contributed by atoms with Crippen LogP contribution in [0, 0.1) is 5.82 Å². The summed E-state index contributed by atoms with van der Waals surface area (Å²) < 4.78 is 62.2. The lowest BCUT2D eigenvalue weighted by Crippen LogP contribution is -2.29. The van der Waals surface area contributed by atoms with Gasteiger partial charge >= 0.3 is 6.18 Å². The molecule has 1 amide bonds. The Labute approximate surface area is 151 Å². The lowest BCUT2D eigenvalue weighted by atomic mass is 10.1. The normalized spacial score (nSPS) is 11.0. The number of carbonyl (C=O) groups excluding carboxylic acids is 2. The number of methoxy groups -OCH3 is 1. The third-order valence-corrected chi connectivity index (χ3v) is 3.54. The Bertz CT molecular complexity index is 837. The molecule has 0 radical (unpaired) electrons. The van der Waals surface area contributed by atoms with Gasteiger partial charge in [0.05, 0.1) is 12.7 Å². The van der Waals surface area contributed by atoms with Crippen molar-refractivity contribution >= 4 is 12.2 Å². The van der Waals surface area contributed by atoms with E-state index in [2.05, 4.69) is 5.32 Å². The summed E-state index contributed by atoms with van der Waals surface area (Å²) in [6.07, 6.45) is -4.17. The SMILES string of the molecule is COc1ccc(C=O)cc1OCC(=O)NCc1ccc(F)cc1C(F)(F)F. The molecule has 0 spiro atoms. The zero-order valence-electron chi connectivity index (χ0n) is 14.1. The van der Waals surface area contributed by atoms with Gasteiger partial charge in [0.15, 0.2) is 18.1 Å². The summed E-state index contributed by atoms with van der Waals surface area (Å²) in [6.45, 7) is -0.968. The van der Waals surface area contributed by atoms with Gasteiger partial charge in [-0.25, -0.2) is 4.39 Å². The summed E-state index contributed by atoms with van der Waals surface area (Å²) in [5.74, 6) is -1.31. The molecule has 144 valence electrons. The first-order chi connectivity index (χ1) is 12.7. The quantitative estimate of drug-likeness (QED) is 0.586. The topological polar surface area (TPSA) is 64.6 Å². The van der Waals surface area contributed by atoms with Crippen LogP contribution in [0.2, 0.25) is 0 Å². The minimum atomic E-state index is -4.75. The number of alkyl halides is 3. The second-order valence-corrected chi connectivity index (χ2v) is 5.39. The van der Waals surface area contributed by atoms with Crippen molar-refractivity contribution < 1.29 is 36.6 Å². The van der Waals surface area contributed by atoms with E-state index in [1.54, 1.807) is 0 Å². The first-order valence-electron chi connectivity index (χ1n) is 7.63. The van der Waals surface area contributed by atoms with Crippen molar-refractivity contribution in [1.82, 2.24) is 5.32 Å². The van der Waals surface area contributed by atoms with Crippen LogP contribution in [0.25, 0.3) is 0 Å². The van der Waals surface area contributed by atoms with E-state index in [-0.39, 0.29) is 17.1 Å². The molecule has 0 bridgehead atoms. The van der Waals surface area contributed by atoms with Gasteiger partial charge in [0.25, 0.3) is 5.91 Å². The maximum absolute atomic E-state index is 13.1. The molecule has 0 aliphatic rings. The van der Waals surface area contributed by atoms with E-state index in [9.17, 15) is 27.2 Å². The summed E-state index contributed by atoms with van der Waals surface area (Å²) in [7, 11) is 1.37. The fourth-order valence-corrected chi connectivity index (χ4v) is 2.23. The molecule has 2 rings (SSSR count). The molecule has 0 fully saturated rings. The zero-order chi connectivity index (χ0) is 20.0. The van der Waals surface area contributed by atoms with Crippen molar-refractivity contribution in [3.05, 3.63) is 58.9 Å². The zero-order valence-corrected chi connectivity index (χ0v) is 14.1. The van der Waals surface area contributed by atoms with E-state index in [4.69, 9.17) is 9.47 Å². The minimum Gasteiger partial charge on any atom is -0.493 e. The Hall–Kier alpha value is -3.10. The summed E-state index contributed by atoms with van der Waals surface area (Å²) in [6, 6.07) is 6.53. The number of nitrogens with one attached hydrogen (secondary N) is 1. The van der Waals surface area contributed by atoms with Crippen LogP contribution in [-0.2, 0) is 17.5 Å². The van der Waals surface area contributed by atoms with Crippen molar-refractivity contribution in [3.63, 3.8) is 0 Å². The molecule has 2 aromatic carbocycles. The highest BCUT2D eigenvalue weighted by Gasteiger charge is 2.33. The van der Waals surface area contributed by atoms with E-state index in [1.807, 2.05) is 0 Å². The Morgan fingerprint density at radius 2 is 1.89 bits per heavy atom. The molecular formula is C18H15F4NO4. The molecule has 0 aromatic heterocycles. The van der Waals surface area contributed by atoms with Gasteiger partial charge in [-0.15, -0.1) is 0 Å². The number of benzene rings is 2. The van der Waals surface area contributed by atoms with Gasteiger partial charge in [-0.2, -0.15) is 13.2 Å². The molecule has 5 nitrogen and oxygen atoms in total. The average molecular weight is 385 g/mol. The molecule has 2 aromatic rings. The number of rotatable bonds is 7. The number of amides is 1. The predicted molar refractivity (Wildman–Crippen MR) is 87.1 cm³/mol. The molecule has 0 unspecified atom stereocenters. The fraction of sp³-hybridized carbons (Fsp3) is 0.222. The van der Waals surface area contributed by atoms with Crippen molar-refractivity contribution in [2.45, 2.75) is 12.7 Å². The lowest BCUT2D eigenvalue weighted by Gasteiger charge is -2.14. The monoisotopic (exact) mass is 385 g/mol. The third-order valence-electron chi connectivity index (χ3n) is 3.54. The van der Waals surface area contributed by atoms with E-state index in [0.29, 0.717) is 17.9 Å². The van der Waals surface area contributed by atoms with E-state index >= 15 is 0 Å². The van der Waals surface area contributed by atoms with E-state index in [1.165, 1.54) is 25.3 Å². The molecule has 9 heteroatoms. The van der Waals surface area contributed by atoms with Crippen molar-refractivity contribution in [1.29, 1.82) is 0 Å². The summed E-state index contributed by atoms with van der Waals surface area (Å²) >= 11 is 0. The Morgan fingerprint density at radius 3 is 2.52 bits per heavy atom. The highest BCUT2D eigenvalue weighted by Crippen LogP contribution is 2.32. The average Bonchev–Trinajstić information content (AvgIpc) is 2.64. The van der Waals surface area contributed by atoms with Crippen molar-refractivity contribution in [2.24, 2.45) is 0 Å². The fourth-order valence-electron chi connectivity index (χ4n) is 2.23. The van der Waals surface area contributed by atoms with Crippen molar-refractivity contribution in [3.8, 4) is 11.5 Å². The molecule has 0 atom stereocenters. The summed E-state index contributed by atoms with van der Waals surface area (Å²) in [5, 5.41) is 2.27. The first kappa shape index (κ1) is 20.2. The second-order valence-electron chi connectivity index (χ2n) is 5.39. The lowest BCUT2D eigenvalue weighted by molar-refractivity contribution is -0.138. The van der Waals surface area contributed by atoms with Crippen LogP contribution in [0.1, 0.15) is 21.5 Å². The molecule has 1 N–H and O–H groups in total. The minimum absolute atomic E-state index is 0.134. The molecule has 0 saturated carbocycles. The van der Waals surface area contributed by atoms with Gasteiger partial charge in [-0.3, -0.25) is 9.59 Å². The maximum atomic E-state index is 13.1. The molecule has 0 heterocycles. The smallest absolute Gasteiger partial charge is 0.416 e. The van der Waals surface area contributed by atoms with Crippen molar-refractivity contribution in [2.75, 3.05) is 13.7 Å². The van der Waals surface area contributed by atoms with Gasteiger partial charge in [-0.05, 0) is 35.9 Å². The van der Waals surface area contributed by atoms with E-state index < -0.39 is 36.6 Å². The number of ether oxygens (including phenoxy) is 2. The van der Waals surface area contributed by atoms with Gasteiger partial charge < -0.3 is 14.8 Å². The standard InChI is InChI=1S/C18H15F4NO4/c1-26-15-5-2-11(9-24)6-16(15)27-10-17(25)23-8-12-3-4-13(19)7-14(12)18(20,21)22/h2-7,9H,8,10H2,1H3,(H,23,25). The van der Waals surface area contributed by atoms with Crippen LogP contribution >= 0.6 is 0 Å². The highest BCUT2D eigenvalue weighted by atomic mass is 19.4. The maximum Gasteiger partial charge on any atom is 0.416 e. The van der Waals surface area contributed by atoms with Crippen LogP contribution in [0.15, 0.2) is 36.4 Å². The largest absolute Gasteiger partial charge is 0.493 e. The highest BCUT2D eigenvalue weighted by molar-refractivity contribution is 5.78. The number of hydrogen-bond donors (Lipinski definition) is 1. The summed E-state index contributed by atoms with van der Waals surface area (Å²) in [5.41, 5.74) is -1.14. The number of halogens is 4. The van der Waals surface area contributed by atoms with Crippen LogP contribution in [0.5, 0.6) is 11.5 Å². The van der Waals surface area contributed by atoms with Crippen LogP contribution in [-0.4, -0.2) is 25.9 Å². The first-order valence-corrected chi connectivity index (χ1v) is 7.63. The second kappa shape index (κ2) is 8.52. The molecule has 0 aliphatic heterocycles. The van der Waals surface area contributed by atoms with Crippen LogP contribution < -0.4 is 14.8 Å². The van der Waals surface area contributed by atoms with E-state index in [0.717, 1.165) is 12.1 Å². The van der Waals surface area contributed by atoms with Crippen LogP contribution in [0.4, 0.5) is 17.6 Å². The van der Waals surface area contributed by atoms with Gasteiger partial charge in [0, 0.05) is 12.1 Å². The summed E-state index contributed by atoms with van der Waals surface area (Å²) in [4.78, 5) is 22.7. The third kappa shape index (κ3) is 5.44. The molecular weight excluding hydrogens is 370 g/mol. The number of carbonyl (C=O) groups is 2. The Kier molecular flexibility index (Phi) is 6.38. The predicted octanol–water partition coefficient (Wildman–Crippen LogP) is 3.36.